The van der Waals surface area contributed by atoms with E-state index in [1.807, 2.05) is 24.3 Å². The quantitative estimate of drug-likeness (QED) is 0.271. The number of carbonyl (C=O) groups excluding carboxylic acids is 2. The standard InChI is InChI=1S/C22H19Br3N2O5/c1-30-8-9-31-18-6-3-14(11-17(18)24)22(29)27-26-20(28)12-32-19-7-2-13-10-15(23)4-5-16(13)21(19)25/h2-7,10-11H,8-9,12H2,1H3,(H,26,28)(H,27,29). The lowest BCUT2D eigenvalue weighted by molar-refractivity contribution is -0.123. The van der Waals surface area contributed by atoms with Crippen LogP contribution in [0.5, 0.6) is 11.5 Å². The van der Waals surface area contributed by atoms with Gasteiger partial charge in [0.2, 0.25) is 0 Å². The zero-order valence-electron chi connectivity index (χ0n) is 16.9. The first kappa shape index (κ1) is 24.5. The number of benzene rings is 3. The van der Waals surface area contributed by atoms with E-state index in [0.29, 0.717) is 34.7 Å². The molecular weight excluding hydrogens is 612 g/mol. The molecule has 0 saturated heterocycles. The van der Waals surface area contributed by atoms with Gasteiger partial charge in [-0.05, 0) is 79.0 Å². The molecule has 0 unspecified atom stereocenters. The van der Waals surface area contributed by atoms with Crippen LogP contribution < -0.4 is 20.3 Å². The van der Waals surface area contributed by atoms with Crippen LogP contribution in [0.25, 0.3) is 10.8 Å². The maximum absolute atomic E-state index is 12.3. The second-order valence-corrected chi connectivity index (χ2v) is 9.08. The second kappa shape index (κ2) is 11.6. The summed E-state index contributed by atoms with van der Waals surface area (Å²) in [6.07, 6.45) is 0. The molecule has 0 aliphatic carbocycles. The van der Waals surface area contributed by atoms with Gasteiger partial charge in [0.05, 0.1) is 15.6 Å². The molecule has 3 aromatic carbocycles. The smallest absolute Gasteiger partial charge is 0.276 e. The summed E-state index contributed by atoms with van der Waals surface area (Å²) in [5, 5.41) is 1.98. The lowest BCUT2D eigenvalue weighted by atomic mass is 10.1. The van der Waals surface area contributed by atoms with Gasteiger partial charge in [0, 0.05) is 17.1 Å². The molecule has 0 saturated carbocycles. The first-order chi connectivity index (χ1) is 15.4. The third-order valence-corrected chi connectivity index (χ3v) is 6.22. The number of rotatable bonds is 8. The molecular formula is C22H19Br3N2O5. The Hall–Kier alpha value is -2.14. The molecule has 0 heterocycles. The highest BCUT2D eigenvalue weighted by atomic mass is 79.9. The molecule has 3 rings (SSSR count). The Bertz CT molecular complexity index is 1140. The largest absolute Gasteiger partial charge is 0.490 e. The SMILES string of the molecule is COCCOc1ccc(C(=O)NNC(=O)COc2ccc3cc(Br)ccc3c2Br)cc1Br. The molecule has 0 atom stereocenters. The van der Waals surface area contributed by atoms with Crippen molar-refractivity contribution in [3.05, 3.63) is 67.5 Å². The highest BCUT2D eigenvalue weighted by Gasteiger charge is 2.12. The zero-order valence-corrected chi connectivity index (χ0v) is 21.7. The maximum Gasteiger partial charge on any atom is 0.276 e. The summed E-state index contributed by atoms with van der Waals surface area (Å²) in [6.45, 7) is 0.578. The minimum absolute atomic E-state index is 0.267. The Labute approximate surface area is 210 Å². The van der Waals surface area contributed by atoms with Gasteiger partial charge >= 0.3 is 0 Å². The van der Waals surface area contributed by atoms with Crippen molar-refractivity contribution in [3.8, 4) is 11.5 Å². The van der Waals surface area contributed by atoms with Crippen molar-refractivity contribution in [2.24, 2.45) is 0 Å². The Kier molecular flexibility index (Phi) is 8.92. The zero-order chi connectivity index (χ0) is 23.1. The van der Waals surface area contributed by atoms with Crippen LogP contribution in [0, 0.1) is 0 Å². The van der Waals surface area contributed by atoms with Crippen LogP contribution in [0.3, 0.4) is 0 Å². The molecule has 0 fully saturated rings. The van der Waals surface area contributed by atoms with Crippen molar-refractivity contribution in [2.45, 2.75) is 0 Å². The topological polar surface area (TPSA) is 85.9 Å². The normalized spacial score (nSPS) is 10.6. The molecule has 3 aromatic rings. The lowest BCUT2D eigenvalue weighted by Gasteiger charge is -2.12. The molecule has 32 heavy (non-hydrogen) atoms. The number of hydrogen-bond acceptors (Lipinski definition) is 5. The molecule has 2 amide bonds. The molecule has 0 radical (unpaired) electrons. The molecule has 7 nitrogen and oxygen atoms in total. The van der Waals surface area contributed by atoms with Crippen molar-refractivity contribution >= 4 is 70.4 Å². The summed E-state index contributed by atoms with van der Waals surface area (Å²) in [5.41, 5.74) is 5.06. The van der Waals surface area contributed by atoms with Gasteiger partial charge < -0.3 is 14.2 Å². The van der Waals surface area contributed by atoms with E-state index < -0.39 is 11.8 Å². The Balaban J connectivity index is 1.52. The van der Waals surface area contributed by atoms with Crippen LogP contribution in [0.15, 0.2) is 61.9 Å². The van der Waals surface area contributed by atoms with Gasteiger partial charge in [-0.3, -0.25) is 20.4 Å². The van der Waals surface area contributed by atoms with Crippen molar-refractivity contribution in [1.82, 2.24) is 10.9 Å². The fraction of sp³-hybridized carbons (Fsp3) is 0.182. The van der Waals surface area contributed by atoms with Crippen LogP contribution in [-0.2, 0) is 9.53 Å². The monoisotopic (exact) mass is 628 g/mol. The van der Waals surface area contributed by atoms with E-state index in [4.69, 9.17) is 14.2 Å². The molecule has 0 bridgehead atoms. The minimum atomic E-state index is -0.500. The Morgan fingerprint density at radius 1 is 0.875 bits per heavy atom. The predicted octanol–water partition coefficient (Wildman–Crippen LogP) is 4.99. The van der Waals surface area contributed by atoms with Crippen LogP contribution >= 0.6 is 47.8 Å². The van der Waals surface area contributed by atoms with E-state index in [-0.39, 0.29) is 6.61 Å². The summed E-state index contributed by atoms with van der Waals surface area (Å²) in [5.74, 6) is 0.137. The average Bonchev–Trinajstić information content (AvgIpc) is 2.78. The number of methoxy groups -OCH3 is 1. The van der Waals surface area contributed by atoms with Gasteiger partial charge in [-0.25, -0.2) is 0 Å². The van der Waals surface area contributed by atoms with E-state index in [0.717, 1.165) is 19.7 Å². The van der Waals surface area contributed by atoms with E-state index in [9.17, 15) is 9.59 Å². The number of ether oxygens (including phenoxy) is 3. The average molecular weight is 631 g/mol. The third kappa shape index (κ3) is 6.44. The van der Waals surface area contributed by atoms with E-state index in [2.05, 4.69) is 58.6 Å². The second-order valence-electron chi connectivity index (χ2n) is 6.52. The highest BCUT2D eigenvalue weighted by molar-refractivity contribution is 9.11. The van der Waals surface area contributed by atoms with Gasteiger partial charge in [0.1, 0.15) is 18.1 Å². The summed E-state index contributed by atoms with van der Waals surface area (Å²) >= 11 is 10.3. The Morgan fingerprint density at radius 2 is 1.66 bits per heavy atom. The van der Waals surface area contributed by atoms with Gasteiger partial charge in [-0.1, -0.05) is 28.1 Å². The fourth-order valence-corrected chi connectivity index (χ4v) is 4.21. The van der Waals surface area contributed by atoms with Crippen molar-refractivity contribution in [1.29, 1.82) is 0 Å². The maximum atomic E-state index is 12.3. The van der Waals surface area contributed by atoms with E-state index >= 15 is 0 Å². The fourth-order valence-electron chi connectivity index (χ4n) is 2.73. The van der Waals surface area contributed by atoms with Gasteiger partial charge in [0.15, 0.2) is 6.61 Å². The molecule has 2 N–H and O–H groups in total. The summed E-state index contributed by atoms with van der Waals surface area (Å²) in [6, 6.07) is 14.4. The molecule has 0 spiro atoms. The first-order valence-electron chi connectivity index (χ1n) is 9.40. The predicted molar refractivity (Wildman–Crippen MR) is 132 cm³/mol. The van der Waals surface area contributed by atoms with Crippen LogP contribution in [0.1, 0.15) is 10.4 Å². The summed E-state index contributed by atoms with van der Waals surface area (Å²) in [4.78, 5) is 24.4. The number of hydrazine groups is 1. The summed E-state index contributed by atoms with van der Waals surface area (Å²) in [7, 11) is 1.59. The number of hydrogen-bond donors (Lipinski definition) is 2. The number of halogens is 3. The van der Waals surface area contributed by atoms with Gasteiger partial charge in [-0.2, -0.15) is 0 Å². The van der Waals surface area contributed by atoms with Gasteiger partial charge in [0.25, 0.3) is 11.8 Å². The number of nitrogens with one attached hydrogen (secondary N) is 2. The van der Waals surface area contributed by atoms with E-state index in [1.165, 1.54) is 0 Å². The molecule has 0 aliphatic rings. The number of carbonyl (C=O) groups is 2. The number of amides is 2. The van der Waals surface area contributed by atoms with Crippen molar-refractivity contribution < 1.29 is 23.8 Å². The molecule has 0 aliphatic heterocycles. The van der Waals surface area contributed by atoms with Crippen molar-refractivity contribution in [2.75, 3.05) is 26.9 Å². The lowest BCUT2D eigenvalue weighted by Crippen LogP contribution is -2.43. The molecule has 10 heteroatoms. The van der Waals surface area contributed by atoms with E-state index in [1.54, 1.807) is 31.4 Å². The molecule has 0 aromatic heterocycles. The Morgan fingerprint density at radius 3 is 2.41 bits per heavy atom. The number of fused-ring (bicyclic) bond motifs is 1. The first-order valence-corrected chi connectivity index (χ1v) is 11.8. The summed E-state index contributed by atoms with van der Waals surface area (Å²) < 4.78 is 18.4. The minimum Gasteiger partial charge on any atom is -0.490 e. The van der Waals surface area contributed by atoms with Gasteiger partial charge in [-0.15, -0.1) is 0 Å². The molecule has 168 valence electrons. The van der Waals surface area contributed by atoms with Crippen LogP contribution in [0.4, 0.5) is 0 Å². The van der Waals surface area contributed by atoms with Crippen LogP contribution in [0.2, 0.25) is 0 Å². The van der Waals surface area contributed by atoms with Crippen LogP contribution in [-0.4, -0.2) is 38.7 Å². The third-order valence-electron chi connectivity index (χ3n) is 4.29. The highest BCUT2D eigenvalue weighted by Crippen LogP contribution is 2.34. The van der Waals surface area contributed by atoms with Crippen molar-refractivity contribution in [3.63, 3.8) is 0 Å².